The number of nitrogens with zero attached hydrogens (tertiary/aromatic N) is 1. The van der Waals surface area contributed by atoms with Gasteiger partial charge in [-0.3, -0.25) is 0 Å². The largest absolute Gasteiger partial charge is 0.493 e. The number of hydrogen-bond donors (Lipinski definition) is 2. The summed E-state index contributed by atoms with van der Waals surface area (Å²) in [7, 11) is 0. The van der Waals surface area contributed by atoms with E-state index >= 15 is 0 Å². The first-order valence-electron chi connectivity index (χ1n) is 8.24. The Kier molecular flexibility index (Phi) is 4.41. The van der Waals surface area contributed by atoms with Crippen LogP contribution in [0.5, 0.6) is 5.75 Å². The van der Waals surface area contributed by atoms with Gasteiger partial charge in [0.05, 0.1) is 17.3 Å². The number of halogens is 2. The number of ether oxygens (including phenoxy) is 1. The van der Waals surface area contributed by atoms with E-state index in [4.69, 9.17) is 16.3 Å². The smallest absolute Gasteiger partial charge is 0.342 e. The van der Waals surface area contributed by atoms with Crippen molar-refractivity contribution in [1.82, 2.24) is 4.98 Å². The lowest BCUT2D eigenvalue weighted by atomic mass is 10.00. The number of nitrogens with one attached hydrogen (secondary N) is 1. The van der Waals surface area contributed by atoms with Gasteiger partial charge in [0.2, 0.25) is 5.95 Å². The predicted molar refractivity (Wildman–Crippen MR) is 101 cm³/mol. The van der Waals surface area contributed by atoms with E-state index in [1.807, 2.05) is 18.2 Å². The van der Waals surface area contributed by atoms with E-state index in [1.165, 1.54) is 12.3 Å². The fourth-order valence-corrected chi connectivity index (χ4v) is 3.44. The van der Waals surface area contributed by atoms with Crippen LogP contribution in [0, 0.1) is 5.95 Å². The van der Waals surface area contributed by atoms with Crippen LogP contribution in [0.2, 0.25) is 5.02 Å². The maximum atomic E-state index is 13.9. The van der Waals surface area contributed by atoms with Crippen LogP contribution in [0.25, 0.3) is 11.1 Å². The molecular formula is C20H14ClFN2O3. The van der Waals surface area contributed by atoms with E-state index in [2.05, 4.69) is 10.3 Å². The molecule has 27 heavy (non-hydrogen) atoms. The van der Waals surface area contributed by atoms with Crippen LogP contribution in [0.4, 0.5) is 15.8 Å². The third kappa shape index (κ3) is 3.19. The molecular weight excluding hydrogens is 371 g/mol. The Morgan fingerprint density at radius 3 is 2.89 bits per heavy atom. The maximum absolute atomic E-state index is 13.9. The number of hydrogen-bond acceptors (Lipinski definition) is 4. The van der Waals surface area contributed by atoms with Crippen LogP contribution in [0.3, 0.4) is 0 Å². The molecule has 0 amide bonds. The summed E-state index contributed by atoms with van der Waals surface area (Å²) in [6.45, 7) is 0.644. The standard InChI is InChI=1S/C20H14ClFN2O3/c21-13-2-1-3-14(24-15-6-8-23-19(22)18(15)20(25)26)17(13)12-4-5-16-11(10-12)7-9-27-16/h1-6,8,10H,7,9H2,(H,23,24)(H,25,26). The number of rotatable bonds is 4. The van der Waals surface area contributed by atoms with Gasteiger partial charge in [0.25, 0.3) is 0 Å². The summed E-state index contributed by atoms with van der Waals surface area (Å²) in [5, 5.41) is 12.8. The topological polar surface area (TPSA) is 71.5 Å². The zero-order valence-electron chi connectivity index (χ0n) is 14.0. The van der Waals surface area contributed by atoms with Crippen molar-refractivity contribution in [2.24, 2.45) is 0 Å². The molecule has 2 N–H and O–H groups in total. The number of fused-ring (bicyclic) bond motifs is 1. The summed E-state index contributed by atoms with van der Waals surface area (Å²) < 4.78 is 19.4. The predicted octanol–water partition coefficient (Wildman–Crippen LogP) is 4.92. The van der Waals surface area contributed by atoms with E-state index in [0.717, 1.165) is 23.3 Å². The Labute approximate surface area is 159 Å². The number of anilines is 2. The number of carbonyl (C=O) groups is 1. The van der Waals surface area contributed by atoms with Crippen molar-refractivity contribution in [2.45, 2.75) is 6.42 Å². The molecule has 0 bridgehead atoms. The van der Waals surface area contributed by atoms with Crippen LogP contribution in [0.15, 0.2) is 48.7 Å². The molecule has 0 saturated heterocycles. The SMILES string of the molecule is O=C(O)c1c(Nc2cccc(Cl)c2-c2ccc3c(c2)CCO3)ccnc1F. The first kappa shape index (κ1) is 17.3. The molecule has 0 fully saturated rings. The average Bonchev–Trinajstić information content (AvgIpc) is 3.09. The molecule has 0 radical (unpaired) electrons. The number of carboxylic acids is 1. The Balaban J connectivity index is 1.81. The molecule has 0 spiro atoms. The molecule has 1 aliphatic rings. The van der Waals surface area contributed by atoms with Gasteiger partial charge in [-0.1, -0.05) is 23.7 Å². The lowest BCUT2D eigenvalue weighted by Gasteiger charge is -2.16. The van der Waals surface area contributed by atoms with E-state index < -0.39 is 17.5 Å². The fraction of sp³-hybridized carbons (Fsp3) is 0.100. The zero-order chi connectivity index (χ0) is 19.0. The lowest BCUT2D eigenvalue weighted by molar-refractivity contribution is 0.0692. The van der Waals surface area contributed by atoms with Crippen LogP contribution in [-0.2, 0) is 6.42 Å². The molecule has 0 atom stereocenters. The maximum Gasteiger partial charge on any atom is 0.342 e. The summed E-state index contributed by atoms with van der Waals surface area (Å²) in [4.78, 5) is 14.8. The molecule has 0 unspecified atom stereocenters. The molecule has 136 valence electrons. The summed E-state index contributed by atoms with van der Waals surface area (Å²) in [6, 6.07) is 12.4. The summed E-state index contributed by atoms with van der Waals surface area (Å²) in [5.41, 5.74) is 2.78. The molecule has 4 rings (SSSR count). The lowest BCUT2D eigenvalue weighted by Crippen LogP contribution is -2.08. The molecule has 0 saturated carbocycles. The monoisotopic (exact) mass is 384 g/mol. The third-order valence-electron chi connectivity index (χ3n) is 4.38. The molecule has 3 aromatic rings. The zero-order valence-corrected chi connectivity index (χ0v) is 14.8. The van der Waals surface area contributed by atoms with E-state index in [1.54, 1.807) is 18.2 Å². The van der Waals surface area contributed by atoms with E-state index in [-0.39, 0.29) is 5.69 Å². The highest BCUT2D eigenvalue weighted by molar-refractivity contribution is 6.34. The quantitative estimate of drug-likeness (QED) is 0.625. The van der Waals surface area contributed by atoms with Crippen molar-refractivity contribution in [3.63, 3.8) is 0 Å². The molecule has 1 aliphatic heterocycles. The Bertz CT molecular complexity index is 1060. The number of pyridine rings is 1. The average molecular weight is 385 g/mol. The van der Waals surface area contributed by atoms with Crippen LogP contribution in [0.1, 0.15) is 15.9 Å². The minimum Gasteiger partial charge on any atom is -0.493 e. The van der Waals surface area contributed by atoms with Crippen molar-refractivity contribution >= 4 is 28.9 Å². The Morgan fingerprint density at radius 2 is 2.07 bits per heavy atom. The first-order chi connectivity index (χ1) is 13.0. The summed E-state index contributed by atoms with van der Waals surface area (Å²) in [6.07, 6.45) is 2.02. The van der Waals surface area contributed by atoms with Gasteiger partial charge in [-0.2, -0.15) is 4.39 Å². The first-order valence-corrected chi connectivity index (χ1v) is 8.62. The minimum atomic E-state index is -1.40. The van der Waals surface area contributed by atoms with Gasteiger partial charge in [0.1, 0.15) is 11.3 Å². The van der Waals surface area contributed by atoms with Crippen LogP contribution >= 0.6 is 11.6 Å². The molecule has 7 heteroatoms. The van der Waals surface area contributed by atoms with Gasteiger partial charge >= 0.3 is 5.97 Å². The fourth-order valence-electron chi connectivity index (χ4n) is 3.15. The molecule has 2 heterocycles. The molecule has 0 aliphatic carbocycles. The van der Waals surface area contributed by atoms with Gasteiger partial charge in [-0.25, -0.2) is 9.78 Å². The molecule has 2 aromatic carbocycles. The van der Waals surface area contributed by atoms with Gasteiger partial charge < -0.3 is 15.2 Å². The van der Waals surface area contributed by atoms with Gasteiger partial charge in [-0.15, -0.1) is 0 Å². The number of aromatic nitrogens is 1. The van der Waals surface area contributed by atoms with E-state index in [0.29, 0.717) is 22.9 Å². The van der Waals surface area contributed by atoms with Gasteiger partial charge in [0, 0.05) is 23.9 Å². The second-order valence-corrected chi connectivity index (χ2v) is 6.45. The minimum absolute atomic E-state index is 0.100. The molecule has 5 nitrogen and oxygen atoms in total. The van der Waals surface area contributed by atoms with Crippen LogP contribution < -0.4 is 10.1 Å². The number of benzene rings is 2. The highest BCUT2D eigenvalue weighted by atomic mass is 35.5. The van der Waals surface area contributed by atoms with Gasteiger partial charge in [-0.05, 0) is 41.5 Å². The van der Waals surface area contributed by atoms with Crippen molar-refractivity contribution < 1.29 is 19.0 Å². The van der Waals surface area contributed by atoms with Crippen molar-refractivity contribution in [3.05, 3.63) is 70.8 Å². The van der Waals surface area contributed by atoms with Gasteiger partial charge in [0.15, 0.2) is 0 Å². The highest BCUT2D eigenvalue weighted by Crippen LogP contribution is 2.39. The van der Waals surface area contributed by atoms with Crippen molar-refractivity contribution in [3.8, 4) is 16.9 Å². The number of aromatic carboxylic acids is 1. The normalized spacial score (nSPS) is 12.4. The summed E-state index contributed by atoms with van der Waals surface area (Å²) >= 11 is 6.44. The highest BCUT2D eigenvalue weighted by Gasteiger charge is 2.20. The van der Waals surface area contributed by atoms with Crippen molar-refractivity contribution in [1.29, 1.82) is 0 Å². The van der Waals surface area contributed by atoms with Crippen molar-refractivity contribution in [2.75, 3.05) is 11.9 Å². The number of carboxylic acid groups (broad SMARTS) is 1. The molecule has 1 aromatic heterocycles. The third-order valence-corrected chi connectivity index (χ3v) is 4.69. The Morgan fingerprint density at radius 1 is 1.22 bits per heavy atom. The second-order valence-electron chi connectivity index (χ2n) is 6.04. The second kappa shape index (κ2) is 6.89. The Hall–Kier alpha value is -3.12. The van der Waals surface area contributed by atoms with Crippen LogP contribution in [-0.4, -0.2) is 22.7 Å². The summed E-state index contributed by atoms with van der Waals surface area (Å²) in [5.74, 6) is -1.60. The van der Waals surface area contributed by atoms with E-state index in [9.17, 15) is 14.3 Å².